The number of nitrogens with zero attached hydrogens (tertiary/aromatic N) is 1. The van der Waals surface area contributed by atoms with Crippen molar-refractivity contribution in [3.63, 3.8) is 0 Å². The van der Waals surface area contributed by atoms with E-state index in [0.717, 1.165) is 5.56 Å². The summed E-state index contributed by atoms with van der Waals surface area (Å²) in [7, 11) is -1.12. The summed E-state index contributed by atoms with van der Waals surface area (Å²) in [6.07, 6.45) is 3.37. The molecule has 2 aromatic rings. The lowest BCUT2D eigenvalue weighted by atomic mass is 10.3. The Morgan fingerprint density at radius 3 is 2.59 bits per heavy atom. The second-order valence-electron chi connectivity index (χ2n) is 3.53. The maximum absolute atomic E-state index is 12.1. The zero-order valence-corrected chi connectivity index (χ0v) is 10.5. The van der Waals surface area contributed by atoms with Gasteiger partial charge in [0, 0.05) is 17.3 Å². The number of hydrogen-bond acceptors (Lipinski definition) is 3. The van der Waals surface area contributed by atoms with Crippen molar-refractivity contribution >= 4 is 28.1 Å². The summed E-state index contributed by atoms with van der Waals surface area (Å²) in [6, 6.07) is 8.74. The van der Waals surface area contributed by atoms with Crippen LogP contribution in [0.1, 0.15) is 5.56 Å². The fourth-order valence-electron chi connectivity index (χ4n) is 1.36. The number of hydrogen-bond donors (Lipinski definition) is 1. The summed E-state index contributed by atoms with van der Waals surface area (Å²) in [6.45, 7) is 0. The van der Waals surface area contributed by atoms with Crippen LogP contribution in [0.5, 0.6) is 0 Å². The normalized spacial score (nSPS) is 12.3. The predicted molar refractivity (Wildman–Crippen MR) is 70.2 cm³/mol. The topological polar surface area (TPSA) is 56.0 Å². The number of benzene rings is 1. The molecule has 17 heavy (non-hydrogen) atoms. The monoisotopic (exact) mass is 266 g/mol. The Hall–Kier alpha value is -1.39. The number of nitrogens with two attached hydrogens (primary N) is 1. The van der Waals surface area contributed by atoms with E-state index in [-0.39, 0.29) is 0 Å². The highest BCUT2D eigenvalue weighted by atomic mass is 35.5. The summed E-state index contributed by atoms with van der Waals surface area (Å²) < 4.78 is 12.1. The van der Waals surface area contributed by atoms with E-state index in [4.69, 9.17) is 17.3 Å². The zero-order valence-electron chi connectivity index (χ0n) is 8.97. The van der Waals surface area contributed by atoms with Gasteiger partial charge in [0.05, 0.1) is 27.3 Å². The lowest BCUT2D eigenvalue weighted by molar-refractivity contribution is 0.682. The van der Waals surface area contributed by atoms with E-state index in [1.165, 1.54) is 0 Å². The van der Waals surface area contributed by atoms with Gasteiger partial charge >= 0.3 is 0 Å². The van der Waals surface area contributed by atoms with E-state index in [1.54, 1.807) is 30.6 Å². The molecule has 0 bridgehead atoms. The van der Waals surface area contributed by atoms with Gasteiger partial charge in [-0.15, -0.1) is 0 Å². The van der Waals surface area contributed by atoms with E-state index < -0.39 is 10.8 Å². The number of nitrogen functional groups attached to an aromatic ring is 1. The van der Waals surface area contributed by atoms with Crippen molar-refractivity contribution in [1.82, 2.24) is 4.98 Å². The Balaban J connectivity index is 2.18. The van der Waals surface area contributed by atoms with Crippen LogP contribution < -0.4 is 5.73 Å². The third-order valence-corrected chi connectivity index (χ3v) is 3.98. The quantitative estimate of drug-likeness (QED) is 0.869. The van der Waals surface area contributed by atoms with Crippen LogP contribution in [0.3, 0.4) is 0 Å². The minimum Gasteiger partial charge on any atom is -0.398 e. The summed E-state index contributed by atoms with van der Waals surface area (Å²) in [4.78, 5) is 4.60. The summed E-state index contributed by atoms with van der Waals surface area (Å²) in [5.41, 5.74) is 7.08. The average Bonchev–Trinajstić information content (AvgIpc) is 2.34. The highest BCUT2D eigenvalue weighted by Gasteiger charge is 2.07. The van der Waals surface area contributed by atoms with Gasteiger partial charge < -0.3 is 5.73 Å². The molecule has 0 radical (unpaired) electrons. The molecule has 0 saturated carbocycles. The lowest BCUT2D eigenvalue weighted by Crippen LogP contribution is -1.97. The van der Waals surface area contributed by atoms with Crippen molar-refractivity contribution in [2.24, 2.45) is 0 Å². The maximum atomic E-state index is 12.1. The van der Waals surface area contributed by atoms with E-state index in [1.807, 2.05) is 12.1 Å². The van der Waals surface area contributed by atoms with Crippen molar-refractivity contribution in [2.45, 2.75) is 10.6 Å². The summed E-state index contributed by atoms with van der Waals surface area (Å²) >= 11 is 5.89. The van der Waals surface area contributed by atoms with Crippen LogP contribution in [0.2, 0.25) is 5.02 Å². The third-order valence-electron chi connectivity index (χ3n) is 2.28. The Bertz CT molecular complexity index is 545. The van der Waals surface area contributed by atoms with Gasteiger partial charge in [0.15, 0.2) is 0 Å². The molecule has 88 valence electrons. The molecule has 1 unspecified atom stereocenters. The minimum atomic E-state index is -1.12. The van der Waals surface area contributed by atoms with Gasteiger partial charge in [-0.3, -0.25) is 9.19 Å². The largest absolute Gasteiger partial charge is 0.398 e. The van der Waals surface area contributed by atoms with Crippen LogP contribution in [-0.2, 0) is 16.6 Å². The second-order valence-corrected chi connectivity index (χ2v) is 5.39. The fourth-order valence-corrected chi connectivity index (χ4v) is 2.74. The van der Waals surface area contributed by atoms with Gasteiger partial charge in [-0.05, 0) is 35.9 Å². The molecule has 1 aromatic heterocycles. The van der Waals surface area contributed by atoms with Gasteiger partial charge in [-0.25, -0.2) is 0 Å². The van der Waals surface area contributed by atoms with E-state index >= 15 is 0 Å². The molecule has 1 atom stereocenters. The molecule has 2 N–H and O–H groups in total. The standard InChI is InChI=1S/C12H11ClN2OS/c13-11-7-10(1-2-12(11)14)17(16)8-9-3-5-15-6-4-9/h1-7H,8,14H2. The lowest BCUT2D eigenvalue weighted by Gasteiger charge is -2.04. The van der Waals surface area contributed by atoms with Crippen molar-refractivity contribution in [3.8, 4) is 0 Å². The van der Waals surface area contributed by atoms with Crippen molar-refractivity contribution in [3.05, 3.63) is 53.3 Å². The first-order valence-electron chi connectivity index (χ1n) is 4.99. The first kappa shape index (κ1) is 12.1. The Labute approximate surface area is 107 Å². The summed E-state index contributed by atoms with van der Waals surface area (Å²) in [5, 5.41) is 0.436. The molecule has 0 fully saturated rings. The molecule has 0 spiro atoms. The van der Waals surface area contributed by atoms with Crippen LogP contribution in [-0.4, -0.2) is 9.19 Å². The SMILES string of the molecule is Nc1ccc(S(=O)Cc2ccncc2)cc1Cl. The highest BCUT2D eigenvalue weighted by Crippen LogP contribution is 2.22. The van der Waals surface area contributed by atoms with Crippen molar-refractivity contribution < 1.29 is 4.21 Å². The smallest absolute Gasteiger partial charge is 0.0647 e. The van der Waals surface area contributed by atoms with Crippen LogP contribution in [0.25, 0.3) is 0 Å². The number of rotatable bonds is 3. The van der Waals surface area contributed by atoms with Gasteiger partial charge in [0.2, 0.25) is 0 Å². The Kier molecular flexibility index (Phi) is 3.76. The van der Waals surface area contributed by atoms with Crippen LogP contribution >= 0.6 is 11.6 Å². The van der Waals surface area contributed by atoms with Crippen molar-refractivity contribution in [2.75, 3.05) is 5.73 Å². The number of aromatic nitrogens is 1. The van der Waals surface area contributed by atoms with E-state index in [0.29, 0.717) is 21.4 Å². The number of pyridine rings is 1. The fraction of sp³-hybridized carbons (Fsp3) is 0.0833. The second kappa shape index (κ2) is 5.29. The zero-order chi connectivity index (χ0) is 12.3. The maximum Gasteiger partial charge on any atom is 0.0647 e. The molecule has 0 aliphatic carbocycles. The van der Waals surface area contributed by atoms with Crippen LogP contribution in [0.4, 0.5) is 5.69 Å². The van der Waals surface area contributed by atoms with Gasteiger partial charge in [-0.2, -0.15) is 0 Å². The van der Waals surface area contributed by atoms with E-state index in [9.17, 15) is 4.21 Å². The van der Waals surface area contributed by atoms with E-state index in [2.05, 4.69) is 4.98 Å². The number of anilines is 1. The Morgan fingerprint density at radius 2 is 1.94 bits per heavy atom. The predicted octanol–water partition coefficient (Wildman–Crippen LogP) is 2.63. The van der Waals surface area contributed by atoms with Gasteiger partial charge in [0.1, 0.15) is 0 Å². The molecule has 1 heterocycles. The average molecular weight is 267 g/mol. The first-order chi connectivity index (χ1) is 8.16. The molecule has 0 aliphatic heterocycles. The molecule has 1 aromatic carbocycles. The van der Waals surface area contributed by atoms with Crippen LogP contribution in [0.15, 0.2) is 47.6 Å². The molecule has 0 aliphatic rings. The molecule has 0 amide bonds. The molecule has 5 heteroatoms. The Morgan fingerprint density at radius 1 is 1.24 bits per heavy atom. The van der Waals surface area contributed by atoms with Gasteiger partial charge in [-0.1, -0.05) is 11.6 Å². The highest BCUT2D eigenvalue weighted by molar-refractivity contribution is 7.84. The minimum absolute atomic E-state index is 0.436. The first-order valence-corrected chi connectivity index (χ1v) is 6.69. The molecule has 2 rings (SSSR count). The molecular weight excluding hydrogens is 256 g/mol. The molecular formula is C12H11ClN2OS. The van der Waals surface area contributed by atoms with Gasteiger partial charge in [0.25, 0.3) is 0 Å². The number of halogens is 1. The molecule has 3 nitrogen and oxygen atoms in total. The van der Waals surface area contributed by atoms with Crippen LogP contribution in [0, 0.1) is 0 Å². The molecule has 0 saturated heterocycles. The van der Waals surface area contributed by atoms with Crippen molar-refractivity contribution in [1.29, 1.82) is 0 Å². The third kappa shape index (κ3) is 3.05. The summed E-state index contributed by atoms with van der Waals surface area (Å²) in [5.74, 6) is 0.447.